The van der Waals surface area contributed by atoms with Crippen molar-refractivity contribution in [3.63, 3.8) is 0 Å². The van der Waals surface area contributed by atoms with Crippen LogP contribution < -0.4 is 0 Å². The first-order chi connectivity index (χ1) is 7.70. The number of methoxy groups -OCH3 is 1. The van der Waals surface area contributed by atoms with E-state index in [1.807, 2.05) is 11.5 Å². The van der Waals surface area contributed by atoms with E-state index in [4.69, 9.17) is 5.26 Å². The fourth-order valence-electron chi connectivity index (χ4n) is 1.49. The minimum absolute atomic E-state index is 0.374. The van der Waals surface area contributed by atoms with E-state index in [2.05, 4.69) is 15.8 Å². The molecule has 0 atom stereocenters. The summed E-state index contributed by atoms with van der Waals surface area (Å²) < 4.78 is 6.49. The molecule has 0 bridgehead atoms. The SMILES string of the molecule is COC(=O)c1cnc(C)n1CCCCC#N. The summed E-state index contributed by atoms with van der Waals surface area (Å²) in [5.74, 6) is 0.415. The monoisotopic (exact) mass is 221 g/mol. The predicted octanol–water partition coefficient (Wildman–Crippen LogP) is 1.67. The highest BCUT2D eigenvalue weighted by molar-refractivity contribution is 5.87. The highest BCUT2D eigenvalue weighted by Crippen LogP contribution is 2.08. The van der Waals surface area contributed by atoms with E-state index < -0.39 is 0 Å². The summed E-state index contributed by atoms with van der Waals surface area (Å²) in [5.41, 5.74) is 0.469. The van der Waals surface area contributed by atoms with Crippen molar-refractivity contribution in [1.82, 2.24) is 9.55 Å². The van der Waals surface area contributed by atoms with Crippen molar-refractivity contribution < 1.29 is 9.53 Å². The molecule has 0 aliphatic rings. The summed E-state index contributed by atoms with van der Waals surface area (Å²) in [7, 11) is 1.35. The first kappa shape index (κ1) is 12.2. The molecule has 86 valence electrons. The number of nitriles is 1. The third-order valence-corrected chi connectivity index (χ3v) is 2.37. The van der Waals surface area contributed by atoms with Gasteiger partial charge in [-0.05, 0) is 19.8 Å². The zero-order chi connectivity index (χ0) is 12.0. The van der Waals surface area contributed by atoms with E-state index in [1.165, 1.54) is 13.3 Å². The number of imidazole rings is 1. The second-order valence-electron chi connectivity index (χ2n) is 3.45. The molecule has 1 heterocycles. The summed E-state index contributed by atoms with van der Waals surface area (Å²) in [4.78, 5) is 15.5. The summed E-state index contributed by atoms with van der Waals surface area (Å²) >= 11 is 0. The molecule has 0 amide bonds. The van der Waals surface area contributed by atoms with E-state index in [9.17, 15) is 4.79 Å². The van der Waals surface area contributed by atoms with E-state index in [0.717, 1.165) is 18.7 Å². The highest BCUT2D eigenvalue weighted by Gasteiger charge is 2.14. The molecule has 0 unspecified atom stereocenters. The number of hydrogen-bond donors (Lipinski definition) is 0. The Morgan fingerprint density at radius 1 is 1.62 bits per heavy atom. The largest absolute Gasteiger partial charge is 0.464 e. The van der Waals surface area contributed by atoms with Crippen LogP contribution in [0.2, 0.25) is 0 Å². The second-order valence-corrected chi connectivity index (χ2v) is 3.45. The Hall–Kier alpha value is -1.83. The van der Waals surface area contributed by atoms with Crippen LogP contribution in [0.5, 0.6) is 0 Å². The molecular weight excluding hydrogens is 206 g/mol. The average molecular weight is 221 g/mol. The average Bonchev–Trinajstić information content (AvgIpc) is 2.65. The van der Waals surface area contributed by atoms with Gasteiger partial charge in [0.2, 0.25) is 0 Å². The molecule has 0 fully saturated rings. The van der Waals surface area contributed by atoms with Crippen LogP contribution in [0.1, 0.15) is 35.6 Å². The number of aryl methyl sites for hydroxylation is 1. The standard InChI is InChI=1S/C11H15N3O2/c1-9-13-8-10(11(15)16-2)14(9)7-5-3-4-6-12/h8H,3-5,7H2,1-2H3. The van der Waals surface area contributed by atoms with Gasteiger partial charge in [0.1, 0.15) is 11.5 Å². The van der Waals surface area contributed by atoms with E-state index in [-0.39, 0.29) is 5.97 Å². The normalized spacial score (nSPS) is 9.81. The number of nitrogens with zero attached hydrogens (tertiary/aromatic N) is 3. The second kappa shape index (κ2) is 5.91. The third-order valence-electron chi connectivity index (χ3n) is 2.37. The van der Waals surface area contributed by atoms with Gasteiger partial charge in [-0.1, -0.05) is 0 Å². The Balaban J connectivity index is 2.67. The van der Waals surface area contributed by atoms with Crippen molar-refractivity contribution in [3.05, 3.63) is 17.7 Å². The lowest BCUT2D eigenvalue weighted by Gasteiger charge is -2.07. The lowest BCUT2D eigenvalue weighted by Crippen LogP contribution is -2.12. The lowest BCUT2D eigenvalue weighted by atomic mass is 10.2. The Labute approximate surface area is 94.7 Å². The summed E-state index contributed by atoms with van der Waals surface area (Å²) in [6.45, 7) is 2.54. The van der Waals surface area contributed by atoms with Crippen molar-refractivity contribution in [3.8, 4) is 6.07 Å². The highest BCUT2D eigenvalue weighted by atomic mass is 16.5. The summed E-state index contributed by atoms with van der Waals surface area (Å²) in [6.07, 6.45) is 3.75. The summed E-state index contributed by atoms with van der Waals surface area (Å²) in [6, 6.07) is 2.09. The van der Waals surface area contributed by atoms with Gasteiger partial charge in [-0.3, -0.25) is 0 Å². The van der Waals surface area contributed by atoms with Gasteiger partial charge in [-0.15, -0.1) is 0 Å². The van der Waals surface area contributed by atoms with Crippen LogP contribution >= 0.6 is 0 Å². The van der Waals surface area contributed by atoms with Crippen LogP contribution in [0.3, 0.4) is 0 Å². The van der Waals surface area contributed by atoms with Crippen LogP contribution in [0.25, 0.3) is 0 Å². The van der Waals surface area contributed by atoms with Crippen molar-refractivity contribution in [2.75, 3.05) is 7.11 Å². The Kier molecular flexibility index (Phi) is 4.52. The van der Waals surface area contributed by atoms with Gasteiger partial charge in [0.15, 0.2) is 0 Å². The van der Waals surface area contributed by atoms with Gasteiger partial charge in [0.05, 0.1) is 19.4 Å². The van der Waals surface area contributed by atoms with Crippen LogP contribution in [0.15, 0.2) is 6.20 Å². The third kappa shape index (κ3) is 2.83. The molecule has 1 aromatic rings. The fraction of sp³-hybridized carbons (Fsp3) is 0.545. The maximum atomic E-state index is 11.4. The number of esters is 1. The van der Waals surface area contributed by atoms with Gasteiger partial charge < -0.3 is 9.30 Å². The maximum Gasteiger partial charge on any atom is 0.356 e. The molecule has 0 N–H and O–H groups in total. The number of rotatable bonds is 5. The van der Waals surface area contributed by atoms with Crippen molar-refractivity contribution >= 4 is 5.97 Å². The van der Waals surface area contributed by atoms with Crippen molar-refractivity contribution in [2.24, 2.45) is 0 Å². The Bertz CT molecular complexity index is 404. The molecule has 16 heavy (non-hydrogen) atoms. The van der Waals surface area contributed by atoms with E-state index >= 15 is 0 Å². The number of carbonyl (C=O) groups is 1. The number of carbonyl (C=O) groups excluding carboxylic acids is 1. The van der Waals surface area contributed by atoms with Gasteiger partial charge in [0.25, 0.3) is 0 Å². The Morgan fingerprint density at radius 2 is 2.38 bits per heavy atom. The van der Waals surface area contributed by atoms with Gasteiger partial charge in [0, 0.05) is 13.0 Å². The zero-order valence-corrected chi connectivity index (χ0v) is 9.56. The first-order valence-electron chi connectivity index (χ1n) is 5.18. The van der Waals surface area contributed by atoms with Gasteiger partial charge in [-0.2, -0.15) is 5.26 Å². The fourth-order valence-corrected chi connectivity index (χ4v) is 1.49. The molecule has 1 aromatic heterocycles. The van der Waals surface area contributed by atoms with Crippen LogP contribution in [0.4, 0.5) is 0 Å². The minimum Gasteiger partial charge on any atom is -0.464 e. The predicted molar refractivity (Wildman–Crippen MR) is 57.8 cm³/mol. The molecule has 0 aliphatic carbocycles. The topological polar surface area (TPSA) is 67.9 Å². The summed E-state index contributed by atoms with van der Waals surface area (Å²) in [5, 5.41) is 8.42. The van der Waals surface area contributed by atoms with Gasteiger partial charge >= 0.3 is 5.97 Å². The number of hydrogen-bond acceptors (Lipinski definition) is 4. The zero-order valence-electron chi connectivity index (χ0n) is 9.56. The number of ether oxygens (including phenoxy) is 1. The molecule has 5 nitrogen and oxygen atoms in total. The molecule has 0 aliphatic heterocycles. The molecule has 5 heteroatoms. The number of aromatic nitrogens is 2. The minimum atomic E-state index is -0.374. The van der Waals surface area contributed by atoms with Crippen LogP contribution in [-0.2, 0) is 11.3 Å². The number of unbranched alkanes of at least 4 members (excludes halogenated alkanes) is 2. The van der Waals surface area contributed by atoms with Gasteiger partial charge in [-0.25, -0.2) is 9.78 Å². The molecule has 1 rings (SSSR count). The molecular formula is C11H15N3O2. The van der Waals surface area contributed by atoms with E-state index in [1.54, 1.807) is 0 Å². The van der Waals surface area contributed by atoms with Crippen molar-refractivity contribution in [2.45, 2.75) is 32.7 Å². The quantitative estimate of drug-likeness (QED) is 0.560. The molecule has 0 saturated heterocycles. The smallest absolute Gasteiger partial charge is 0.356 e. The maximum absolute atomic E-state index is 11.4. The molecule has 0 spiro atoms. The van der Waals surface area contributed by atoms with Crippen molar-refractivity contribution in [1.29, 1.82) is 5.26 Å². The molecule has 0 radical (unpaired) electrons. The first-order valence-corrected chi connectivity index (χ1v) is 5.18. The Morgan fingerprint density at radius 3 is 3.00 bits per heavy atom. The van der Waals surface area contributed by atoms with E-state index in [0.29, 0.717) is 18.7 Å². The van der Waals surface area contributed by atoms with Crippen LogP contribution in [0, 0.1) is 18.3 Å². The lowest BCUT2D eigenvalue weighted by molar-refractivity contribution is 0.0588. The molecule has 0 aromatic carbocycles. The molecule has 0 saturated carbocycles. The van der Waals surface area contributed by atoms with Crippen LogP contribution in [-0.4, -0.2) is 22.6 Å².